The lowest BCUT2D eigenvalue weighted by molar-refractivity contribution is -0.137. The highest BCUT2D eigenvalue weighted by molar-refractivity contribution is 5.66. The summed E-state index contributed by atoms with van der Waals surface area (Å²) in [6.45, 7) is 4.35. The van der Waals surface area contributed by atoms with Gasteiger partial charge in [-0.25, -0.2) is 0 Å². The highest BCUT2D eigenvalue weighted by Gasteiger charge is 2.17. The molecule has 1 aliphatic rings. The summed E-state index contributed by atoms with van der Waals surface area (Å²) >= 11 is 0. The first-order valence-electron chi connectivity index (χ1n) is 6.52. The maximum Gasteiger partial charge on any atom is 0.304 e. The van der Waals surface area contributed by atoms with Crippen LogP contribution in [0.25, 0.3) is 0 Å². The second-order valence-corrected chi connectivity index (χ2v) is 4.67. The van der Waals surface area contributed by atoms with Gasteiger partial charge in [-0.15, -0.1) is 0 Å². The summed E-state index contributed by atoms with van der Waals surface area (Å²) in [6, 6.07) is 8.05. The standard InChI is InChI=1S/C14H20N2O3/c1-19-13-4-2-12(3-5-13)16-10-8-15(9-11-16)7-6-14(17)18/h2-5H,6-11H2,1H3,(H,17,18). The van der Waals surface area contributed by atoms with Crippen LogP contribution in [-0.2, 0) is 4.79 Å². The Morgan fingerprint density at radius 2 is 1.84 bits per heavy atom. The Hall–Kier alpha value is -1.75. The van der Waals surface area contributed by atoms with Gasteiger partial charge in [-0.3, -0.25) is 9.69 Å². The summed E-state index contributed by atoms with van der Waals surface area (Å²) in [4.78, 5) is 15.1. The van der Waals surface area contributed by atoms with Gasteiger partial charge in [0.25, 0.3) is 0 Å². The van der Waals surface area contributed by atoms with Gasteiger partial charge in [0.15, 0.2) is 0 Å². The van der Waals surface area contributed by atoms with Crippen molar-refractivity contribution in [3.05, 3.63) is 24.3 Å². The van der Waals surface area contributed by atoms with Gasteiger partial charge in [0.2, 0.25) is 0 Å². The number of aliphatic carboxylic acids is 1. The third kappa shape index (κ3) is 3.86. The van der Waals surface area contributed by atoms with Gasteiger partial charge in [-0.2, -0.15) is 0 Å². The minimum atomic E-state index is -0.724. The molecule has 5 heteroatoms. The van der Waals surface area contributed by atoms with E-state index in [1.54, 1.807) is 7.11 Å². The van der Waals surface area contributed by atoms with E-state index in [1.165, 1.54) is 5.69 Å². The molecule has 1 aromatic carbocycles. The SMILES string of the molecule is COc1ccc(N2CCN(CCC(=O)O)CC2)cc1. The summed E-state index contributed by atoms with van der Waals surface area (Å²) in [5.74, 6) is 0.140. The number of ether oxygens (including phenoxy) is 1. The quantitative estimate of drug-likeness (QED) is 0.868. The van der Waals surface area contributed by atoms with Gasteiger partial charge < -0.3 is 14.7 Å². The maximum absolute atomic E-state index is 10.5. The largest absolute Gasteiger partial charge is 0.497 e. The molecule has 0 spiro atoms. The van der Waals surface area contributed by atoms with Crippen molar-refractivity contribution in [3.8, 4) is 5.75 Å². The smallest absolute Gasteiger partial charge is 0.304 e. The van der Waals surface area contributed by atoms with Crippen molar-refractivity contribution in [2.45, 2.75) is 6.42 Å². The number of methoxy groups -OCH3 is 1. The van der Waals surface area contributed by atoms with Gasteiger partial charge in [0.1, 0.15) is 5.75 Å². The van der Waals surface area contributed by atoms with E-state index >= 15 is 0 Å². The van der Waals surface area contributed by atoms with Gasteiger partial charge in [-0.05, 0) is 24.3 Å². The van der Waals surface area contributed by atoms with E-state index < -0.39 is 5.97 Å². The molecular weight excluding hydrogens is 244 g/mol. The molecule has 5 nitrogen and oxygen atoms in total. The average Bonchev–Trinajstić information content (AvgIpc) is 2.46. The van der Waals surface area contributed by atoms with Crippen LogP contribution in [0, 0.1) is 0 Å². The number of hydrogen-bond acceptors (Lipinski definition) is 4. The molecular formula is C14H20N2O3. The van der Waals surface area contributed by atoms with Gasteiger partial charge in [0.05, 0.1) is 13.5 Å². The van der Waals surface area contributed by atoms with Gasteiger partial charge in [-0.1, -0.05) is 0 Å². The molecule has 1 aromatic rings. The second kappa shape index (κ2) is 6.43. The summed E-state index contributed by atoms with van der Waals surface area (Å²) in [5, 5.41) is 8.67. The molecule has 0 saturated carbocycles. The second-order valence-electron chi connectivity index (χ2n) is 4.67. The van der Waals surface area contributed by atoms with E-state index in [4.69, 9.17) is 9.84 Å². The molecule has 2 rings (SSSR count). The Morgan fingerprint density at radius 3 is 2.37 bits per heavy atom. The number of anilines is 1. The van der Waals surface area contributed by atoms with E-state index in [1.807, 2.05) is 12.1 Å². The first kappa shape index (κ1) is 13.7. The highest BCUT2D eigenvalue weighted by Crippen LogP contribution is 2.20. The Morgan fingerprint density at radius 1 is 1.21 bits per heavy atom. The number of carboxylic acids is 1. The fraction of sp³-hybridized carbons (Fsp3) is 0.500. The van der Waals surface area contributed by atoms with Crippen LogP contribution in [0.1, 0.15) is 6.42 Å². The van der Waals surface area contributed by atoms with E-state index in [0.717, 1.165) is 31.9 Å². The van der Waals surface area contributed by atoms with Crippen LogP contribution in [0.3, 0.4) is 0 Å². The molecule has 104 valence electrons. The number of carbonyl (C=O) groups is 1. The third-order valence-corrected chi connectivity index (χ3v) is 3.45. The molecule has 0 aromatic heterocycles. The molecule has 1 N–H and O–H groups in total. The lowest BCUT2D eigenvalue weighted by atomic mass is 10.2. The number of carboxylic acid groups (broad SMARTS) is 1. The van der Waals surface area contributed by atoms with Crippen LogP contribution >= 0.6 is 0 Å². The molecule has 0 unspecified atom stereocenters. The zero-order valence-corrected chi connectivity index (χ0v) is 11.2. The highest BCUT2D eigenvalue weighted by atomic mass is 16.5. The van der Waals surface area contributed by atoms with Crippen LogP contribution in [0.4, 0.5) is 5.69 Å². The predicted octanol–water partition coefficient (Wildman–Crippen LogP) is 1.29. The zero-order chi connectivity index (χ0) is 13.7. The summed E-state index contributed by atoms with van der Waals surface area (Å²) < 4.78 is 5.15. The van der Waals surface area contributed by atoms with Crippen LogP contribution < -0.4 is 9.64 Å². The van der Waals surface area contributed by atoms with Crippen LogP contribution in [0.2, 0.25) is 0 Å². The first-order valence-corrected chi connectivity index (χ1v) is 6.52. The number of rotatable bonds is 5. The third-order valence-electron chi connectivity index (χ3n) is 3.45. The fourth-order valence-electron chi connectivity index (χ4n) is 2.28. The summed E-state index contributed by atoms with van der Waals surface area (Å²) in [7, 11) is 1.66. The lowest BCUT2D eigenvalue weighted by Crippen LogP contribution is -2.46. The minimum Gasteiger partial charge on any atom is -0.497 e. The van der Waals surface area contributed by atoms with E-state index in [0.29, 0.717) is 6.54 Å². The molecule has 0 aliphatic carbocycles. The molecule has 1 aliphatic heterocycles. The van der Waals surface area contributed by atoms with Crippen LogP contribution in [-0.4, -0.2) is 55.8 Å². The normalized spacial score (nSPS) is 16.4. The minimum absolute atomic E-state index is 0.225. The molecule has 0 radical (unpaired) electrons. The average molecular weight is 264 g/mol. The number of nitrogens with zero attached hydrogens (tertiary/aromatic N) is 2. The summed E-state index contributed by atoms with van der Waals surface area (Å²) in [6.07, 6.45) is 0.225. The van der Waals surface area contributed by atoms with Crippen molar-refractivity contribution in [3.63, 3.8) is 0 Å². The number of piperazine rings is 1. The molecule has 0 atom stereocenters. The van der Waals surface area contributed by atoms with Crippen molar-refractivity contribution < 1.29 is 14.6 Å². The Labute approximate surface area is 113 Å². The van der Waals surface area contributed by atoms with Gasteiger partial charge in [0, 0.05) is 38.4 Å². The molecule has 1 saturated heterocycles. The Balaban J connectivity index is 1.83. The monoisotopic (exact) mass is 264 g/mol. The number of hydrogen-bond donors (Lipinski definition) is 1. The molecule has 1 fully saturated rings. The van der Waals surface area contributed by atoms with E-state index in [9.17, 15) is 4.79 Å². The Kier molecular flexibility index (Phi) is 4.63. The van der Waals surface area contributed by atoms with E-state index in [-0.39, 0.29) is 6.42 Å². The predicted molar refractivity (Wildman–Crippen MR) is 73.9 cm³/mol. The molecule has 0 bridgehead atoms. The zero-order valence-electron chi connectivity index (χ0n) is 11.2. The van der Waals surface area contributed by atoms with Gasteiger partial charge >= 0.3 is 5.97 Å². The fourth-order valence-corrected chi connectivity index (χ4v) is 2.28. The topological polar surface area (TPSA) is 53.0 Å². The van der Waals surface area contributed by atoms with E-state index in [2.05, 4.69) is 21.9 Å². The van der Waals surface area contributed by atoms with Crippen LogP contribution in [0.15, 0.2) is 24.3 Å². The Bertz CT molecular complexity index is 411. The van der Waals surface area contributed by atoms with Crippen LogP contribution in [0.5, 0.6) is 5.75 Å². The summed E-state index contributed by atoms with van der Waals surface area (Å²) in [5.41, 5.74) is 1.19. The molecule has 0 amide bonds. The van der Waals surface area contributed by atoms with Crippen molar-refractivity contribution in [2.24, 2.45) is 0 Å². The maximum atomic E-state index is 10.5. The number of benzene rings is 1. The molecule has 19 heavy (non-hydrogen) atoms. The first-order chi connectivity index (χ1) is 9.19. The van der Waals surface area contributed by atoms with Crippen molar-refractivity contribution in [1.82, 2.24) is 4.90 Å². The van der Waals surface area contributed by atoms with Crippen molar-refractivity contribution in [2.75, 3.05) is 44.7 Å². The van der Waals surface area contributed by atoms with Crippen molar-refractivity contribution in [1.29, 1.82) is 0 Å². The lowest BCUT2D eigenvalue weighted by Gasteiger charge is -2.35. The van der Waals surface area contributed by atoms with Crippen molar-refractivity contribution >= 4 is 11.7 Å². The molecule has 1 heterocycles.